The number of carbonyl (C=O) groups is 2. The third-order valence-electron chi connectivity index (χ3n) is 4.73. The van der Waals surface area contributed by atoms with Gasteiger partial charge in [-0.05, 0) is 32.8 Å². The first kappa shape index (κ1) is 22.2. The van der Waals surface area contributed by atoms with Crippen molar-refractivity contribution < 1.29 is 14.3 Å². The summed E-state index contributed by atoms with van der Waals surface area (Å²) in [5, 5.41) is 16.1. The van der Waals surface area contributed by atoms with Crippen LogP contribution in [-0.2, 0) is 16.6 Å². The Balaban J connectivity index is 2.01. The SMILES string of the molecule is CCC(C(=O)Nc1c(C#N)cnn1C)n1cnc2sc(C(=O)OC(C)C)c(C)c2c1=O. The van der Waals surface area contributed by atoms with Crippen molar-refractivity contribution in [2.45, 2.75) is 46.3 Å². The molecule has 3 rings (SSSR count). The van der Waals surface area contributed by atoms with Crippen LogP contribution >= 0.6 is 11.3 Å². The van der Waals surface area contributed by atoms with Crippen LogP contribution in [-0.4, -0.2) is 37.3 Å². The molecule has 31 heavy (non-hydrogen) atoms. The van der Waals surface area contributed by atoms with Gasteiger partial charge in [0.05, 0.1) is 24.0 Å². The Morgan fingerprint density at radius 1 is 1.39 bits per heavy atom. The highest BCUT2D eigenvalue weighted by atomic mass is 32.1. The lowest BCUT2D eigenvalue weighted by atomic mass is 10.1. The van der Waals surface area contributed by atoms with E-state index in [2.05, 4.69) is 15.4 Å². The molecule has 11 heteroatoms. The lowest BCUT2D eigenvalue weighted by Crippen LogP contribution is -2.33. The smallest absolute Gasteiger partial charge is 0.348 e. The number of anilines is 1. The van der Waals surface area contributed by atoms with Gasteiger partial charge in [0, 0.05) is 7.05 Å². The number of hydrogen-bond acceptors (Lipinski definition) is 8. The van der Waals surface area contributed by atoms with E-state index in [0.717, 1.165) is 11.3 Å². The molecule has 0 aliphatic heterocycles. The summed E-state index contributed by atoms with van der Waals surface area (Å²) in [6, 6.07) is 1.10. The number of carbonyl (C=O) groups excluding carboxylic acids is 2. The Bertz CT molecular complexity index is 1260. The highest BCUT2D eigenvalue weighted by molar-refractivity contribution is 7.20. The van der Waals surface area contributed by atoms with Crippen molar-refractivity contribution >= 4 is 39.2 Å². The van der Waals surface area contributed by atoms with Crippen LogP contribution in [0.25, 0.3) is 10.2 Å². The molecule has 3 aromatic heterocycles. The number of fused-ring (bicyclic) bond motifs is 1. The van der Waals surface area contributed by atoms with Crippen molar-refractivity contribution in [1.29, 1.82) is 5.26 Å². The number of esters is 1. The number of nitrogens with zero attached hydrogens (tertiary/aromatic N) is 5. The predicted molar refractivity (Wildman–Crippen MR) is 115 cm³/mol. The van der Waals surface area contributed by atoms with Gasteiger partial charge in [0.2, 0.25) is 5.91 Å². The molecule has 0 saturated carbocycles. The van der Waals surface area contributed by atoms with Gasteiger partial charge in [-0.2, -0.15) is 10.4 Å². The Hall–Kier alpha value is -3.52. The van der Waals surface area contributed by atoms with Crippen LogP contribution in [0.15, 0.2) is 17.3 Å². The standard InChI is InChI=1S/C20H22N6O4S/c1-6-13(17(27)24-16-12(7-21)8-23-25(16)5)26-9-22-18-14(19(26)28)11(4)15(31-18)20(29)30-10(2)3/h8-10,13H,6H2,1-5H3,(H,24,27). The van der Waals surface area contributed by atoms with Crippen molar-refractivity contribution in [2.24, 2.45) is 7.05 Å². The number of aryl methyl sites for hydroxylation is 2. The molecule has 3 heterocycles. The van der Waals surface area contributed by atoms with Crippen LogP contribution in [0.4, 0.5) is 5.82 Å². The molecule has 0 spiro atoms. The molecule has 0 bridgehead atoms. The molecule has 0 aliphatic rings. The molecule has 1 atom stereocenters. The van der Waals surface area contributed by atoms with Crippen molar-refractivity contribution in [3.05, 3.63) is 38.9 Å². The van der Waals surface area contributed by atoms with E-state index >= 15 is 0 Å². The van der Waals surface area contributed by atoms with Crippen molar-refractivity contribution in [3.8, 4) is 6.07 Å². The maximum atomic E-state index is 13.2. The number of rotatable bonds is 6. The van der Waals surface area contributed by atoms with Crippen molar-refractivity contribution in [1.82, 2.24) is 19.3 Å². The fourth-order valence-corrected chi connectivity index (χ4v) is 4.22. The van der Waals surface area contributed by atoms with E-state index in [0.29, 0.717) is 21.7 Å². The van der Waals surface area contributed by atoms with Crippen LogP contribution in [0, 0.1) is 18.3 Å². The summed E-state index contributed by atoms with van der Waals surface area (Å²) in [4.78, 5) is 43.6. The summed E-state index contributed by atoms with van der Waals surface area (Å²) in [6.07, 6.45) is 2.67. The molecule has 0 aliphatic carbocycles. The Labute approximate surface area is 182 Å². The minimum Gasteiger partial charge on any atom is -0.459 e. The molecule has 1 N–H and O–H groups in total. The van der Waals surface area contributed by atoms with Crippen LogP contribution in [0.2, 0.25) is 0 Å². The summed E-state index contributed by atoms with van der Waals surface area (Å²) in [6.45, 7) is 6.92. The quantitative estimate of drug-likeness (QED) is 0.580. The third-order valence-corrected chi connectivity index (χ3v) is 5.91. The van der Waals surface area contributed by atoms with Crippen LogP contribution < -0.4 is 10.9 Å². The number of amides is 1. The summed E-state index contributed by atoms with van der Waals surface area (Å²) < 4.78 is 7.88. The first-order valence-corrected chi connectivity index (χ1v) is 10.4. The van der Waals surface area contributed by atoms with E-state index in [-0.39, 0.29) is 22.9 Å². The number of nitriles is 1. The van der Waals surface area contributed by atoms with Gasteiger partial charge in [-0.3, -0.25) is 18.8 Å². The van der Waals surface area contributed by atoms with Crippen LogP contribution in [0.5, 0.6) is 0 Å². The number of thiophene rings is 1. The fraction of sp³-hybridized carbons (Fsp3) is 0.400. The summed E-state index contributed by atoms with van der Waals surface area (Å²) in [5.74, 6) is -0.733. The average molecular weight is 443 g/mol. The van der Waals surface area contributed by atoms with Crippen molar-refractivity contribution in [2.75, 3.05) is 5.32 Å². The largest absolute Gasteiger partial charge is 0.459 e. The monoisotopic (exact) mass is 442 g/mol. The fourth-order valence-electron chi connectivity index (χ4n) is 3.20. The van der Waals surface area contributed by atoms with Crippen LogP contribution in [0.1, 0.15) is 54.0 Å². The van der Waals surface area contributed by atoms with Gasteiger partial charge in [0.1, 0.15) is 33.2 Å². The Kier molecular flexibility index (Phi) is 6.21. The lowest BCUT2D eigenvalue weighted by Gasteiger charge is -2.17. The highest BCUT2D eigenvalue weighted by Gasteiger charge is 2.26. The van der Waals surface area contributed by atoms with Crippen molar-refractivity contribution in [3.63, 3.8) is 0 Å². The molecular formula is C20H22N6O4S. The average Bonchev–Trinajstić information content (AvgIpc) is 3.24. The zero-order valence-corrected chi connectivity index (χ0v) is 18.6. The molecule has 1 amide bonds. The van der Waals surface area contributed by atoms with Gasteiger partial charge in [0.15, 0.2) is 0 Å². The summed E-state index contributed by atoms with van der Waals surface area (Å²) in [7, 11) is 1.60. The molecule has 3 aromatic rings. The van der Waals surface area contributed by atoms with Gasteiger partial charge in [-0.15, -0.1) is 11.3 Å². The van der Waals surface area contributed by atoms with Gasteiger partial charge in [-0.1, -0.05) is 6.92 Å². The Morgan fingerprint density at radius 2 is 2.10 bits per heavy atom. The topological polar surface area (TPSA) is 132 Å². The molecule has 0 saturated heterocycles. The summed E-state index contributed by atoms with van der Waals surface area (Å²) >= 11 is 1.09. The van der Waals surface area contributed by atoms with Crippen LogP contribution in [0.3, 0.4) is 0 Å². The van der Waals surface area contributed by atoms with E-state index in [9.17, 15) is 19.6 Å². The second-order valence-corrected chi connectivity index (χ2v) is 8.20. The predicted octanol–water partition coefficient (Wildman–Crippen LogP) is 2.53. The minimum absolute atomic E-state index is 0.216. The molecule has 0 radical (unpaired) electrons. The minimum atomic E-state index is -0.865. The van der Waals surface area contributed by atoms with E-state index in [4.69, 9.17) is 4.74 Å². The maximum Gasteiger partial charge on any atom is 0.348 e. The lowest BCUT2D eigenvalue weighted by molar-refractivity contribution is -0.119. The van der Waals surface area contributed by atoms with E-state index < -0.39 is 23.5 Å². The third kappa shape index (κ3) is 4.06. The van der Waals surface area contributed by atoms with Gasteiger partial charge in [0.25, 0.3) is 5.56 Å². The zero-order chi connectivity index (χ0) is 22.9. The normalized spacial score (nSPS) is 12.0. The van der Waals surface area contributed by atoms with E-state index in [1.165, 1.54) is 21.8 Å². The first-order chi connectivity index (χ1) is 14.7. The van der Waals surface area contributed by atoms with E-state index in [1.807, 2.05) is 6.07 Å². The highest BCUT2D eigenvalue weighted by Crippen LogP contribution is 2.28. The first-order valence-electron chi connectivity index (χ1n) is 9.63. The maximum absolute atomic E-state index is 13.2. The molecule has 1 unspecified atom stereocenters. The van der Waals surface area contributed by atoms with Gasteiger partial charge >= 0.3 is 5.97 Å². The zero-order valence-electron chi connectivity index (χ0n) is 17.8. The van der Waals surface area contributed by atoms with Gasteiger partial charge < -0.3 is 10.1 Å². The molecule has 10 nitrogen and oxygen atoms in total. The Morgan fingerprint density at radius 3 is 2.71 bits per heavy atom. The molecule has 0 fully saturated rings. The molecule has 0 aromatic carbocycles. The van der Waals surface area contributed by atoms with E-state index in [1.54, 1.807) is 34.7 Å². The molecular weight excluding hydrogens is 420 g/mol. The van der Waals surface area contributed by atoms with Gasteiger partial charge in [-0.25, -0.2) is 9.78 Å². The number of ether oxygens (including phenoxy) is 1. The molecule has 162 valence electrons. The second kappa shape index (κ2) is 8.69. The number of hydrogen-bond donors (Lipinski definition) is 1. The second-order valence-electron chi connectivity index (χ2n) is 7.20. The number of nitrogens with one attached hydrogen (secondary N) is 1. The number of aromatic nitrogens is 4. The summed E-state index contributed by atoms with van der Waals surface area (Å²) in [5.41, 5.74) is 0.273.